The molecule has 0 aliphatic carbocycles. The monoisotopic (exact) mass is 1100 g/mol. The van der Waals surface area contributed by atoms with Crippen LogP contribution in [0.3, 0.4) is 0 Å². The molecular formula is C72H100NO2Zr+. The summed E-state index contributed by atoms with van der Waals surface area (Å²) in [6, 6.07) is 45.1. The Hall–Kier alpha value is -5.31. The number of benzene rings is 6. The topological polar surface area (TPSA) is 54.4 Å². The van der Waals surface area contributed by atoms with Crippen molar-refractivity contribution >= 4 is 11.4 Å². The predicted octanol–water partition coefficient (Wildman–Crippen LogP) is 19.6. The molecule has 0 spiro atoms. The quantitative estimate of drug-likeness (QED) is 0.0727. The minimum Gasteiger partial charge on any atom is -0.507 e. The zero-order valence-corrected chi connectivity index (χ0v) is 53.5. The first-order valence-corrected chi connectivity index (χ1v) is 27.4. The van der Waals surface area contributed by atoms with E-state index < -0.39 is 0 Å². The SMILES string of the molecule is C=C/C=C\C(=[NH+]c1ccccc1-c1cc(C(C)(C)C)cc(C(C)(C)CC(C)(C)C)c1O)c1ccccc1-c1cc(C(C)(C)C)cc(C(C)(C)CC(C)(C)C)c1O.CC.CCC.[CH2-]c1ccccc1.[CH2-]c1ccccc1.[Zr+2]. The maximum atomic E-state index is 12.3. The van der Waals surface area contributed by atoms with Crippen molar-refractivity contribution in [3.63, 3.8) is 0 Å². The predicted molar refractivity (Wildman–Crippen MR) is 332 cm³/mol. The maximum absolute atomic E-state index is 12.3. The molecule has 0 aliphatic rings. The summed E-state index contributed by atoms with van der Waals surface area (Å²) in [4.78, 5) is 3.82. The first-order chi connectivity index (χ1) is 34.8. The third-order valence-corrected chi connectivity index (χ3v) is 12.4. The summed E-state index contributed by atoms with van der Waals surface area (Å²) in [7, 11) is 0. The second-order valence-electron chi connectivity index (χ2n) is 25.5. The molecule has 408 valence electrons. The molecule has 0 aliphatic heterocycles. The number of rotatable bonds is 10. The molecule has 4 heteroatoms. The van der Waals surface area contributed by atoms with Gasteiger partial charge in [-0.3, -0.25) is 0 Å². The van der Waals surface area contributed by atoms with Crippen LogP contribution < -0.4 is 4.99 Å². The Morgan fingerprint density at radius 1 is 0.500 bits per heavy atom. The first-order valence-electron chi connectivity index (χ1n) is 27.4. The number of hydrogen-bond donors (Lipinski definition) is 3. The van der Waals surface area contributed by atoms with E-state index in [1.165, 1.54) is 17.5 Å². The Morgan fingerprint density at radius 2 is 0.842 bits per heavy atom. The van der Waals surface area contributed by atoms with Crippen molar-refractivity contribution in [3.05, 3.63) is 211 Å². The fourth-order valence-electron chi connectivity index (χ4n) is 9.66. The largest absolute Gasteiger partial charge is 2.00 e. The van der Waals surface area contributed by atoms with Crippen LogP contribution in [0.15, 0.2) is 158 Å². The van der Waals surface area contributed by atoms with Gasteiger partial charge in [0.15, 0.2) is 0 Å². The van der Waals surface area contributed by atoms with Crippen LogP contribution in [0.2, 0.25) is 0 Å². The van der Waals surface area contributed by atoms with Gasteiger partial charge in [0.1, 0.15) is 11.5 Å². The molecule has 0 fully saturated rings. The normalized spacial score (nSPS) is 12.0. The van der Waals surface area contributed by atoms with Crippen molar-refractivity contribution in [2.75, 3.05) is 0 Å². The number of para-hydroxylation sites is 1. The van der Waals surface area contributed by atoms with Crippen LogP contribution in [-0.2, 0) is 47.9 Å². The molecule has 6 aromatic rings. The van der Waals surface area contributed by atoms with E-state index in [2.05, 4.69) is 199 Å². The molecule has 0 radical (unpaired) electrons. The van der Waals surface area contributed by atoms with Gasteiger partial charge in [0.2, 0.25) is 11.4 Å². The molecule has 0 bridgehead atoms. The van der Waals surface area contributed by atoms with E-state index in [0.29, 0.717) is 11.5 Å². The zero-order valence-electron chi connectivity index (χ0n) is 51.1. The van der Waals surface area contributed by atoms with E-state index in [1.807, 2.05) is 111 Å². The molecule has 6 aromatic carbocycles. The third kappa shape index (κ3) is 21.6. The Morgan fingerprint density at radius 3 is 1.18 bits per heavy atom. The van der Waals surface area contributed by atoms with Crippen molar-refractivity contribution < 1.29 is 41.4 Å². The fourth-order valence-corrected chi connectivity index (χ4v) is 9.66. The first kappa shape index (κ1) is 68.7. The van der Waals surface area contributed by atoms with Gasteiger partial charge >= 0.3 is 26.2 Å². The standard InChI is InChI=1S/C53H71NO2.2C7H7.C3H8.C2H6.Zr/c1-18-19-27-44(38-25-21-20-24-37(38)40-29-35(50(8,9)10)31-42(46(40)55)52(14,15)33-48(2,3)4)54-45-28-23-22-26-39(45)41-30-36(51(11,12)13)32-43(47(41)56)53(16,17)34-49(5,6)7;2*1-7-5-3-2-4-6-7;1-3-2;1-2;/h18-32,55-56H,1,33-34H2,2-17H3;2*2-6H,1H2;3H2,1-2H3;1-2H3;/q;2*-1;;;+2/p+1/b27-19-,54-44?;;;;;. The number of phenolic OH excluding ortho intramolecular Hbond substituents is 2. The Bertz CT molecular complexity index is 2710. The Kier molecular flexibility index (Phi) is 27.1. The van der Waals surface area contributed by atoms with Crippen molar-refractivity contribution in [2.24, 2.45) is 10.8 Å². The number of aromatic hydroxyl groups is 2. The van der Waals surface area contributed by atoms with E-state index in [4.69, 9.17) is 0 Å². The van der Waals surface area contributed by atoms with Gasteiger partial charge in [-0.1, -0.05) is 218 Å². The molecule has 0 atom stereocenters. The molecule has 76 heavy (non-hydrogen) atoms. The van der Waals surface area contributed by atoms with Gasteiger partial charge in [-0.25, -0.2) is 4.99 Å². The van der Waals surface area contributed by atoms with Crippen LogP contribution in [0.4, 0.5) is 5.69 Å². The second kappa shape index (κ2) is 30.0. The van der Waals surface area contributed by atoms with Gasteiger partial charge in [0.05, 0.1) is 11.1 Å². The van der Waals surface area contributed by atoms with E-state index in [0.717, 1.165) is 74.3 Å². The zero-order chi connectivity index (χ0) is 57.2. The average Bonchev–Trinajstić information content (AvgIpc) is 3.30. The molecular weight excluding hydrogens is 1000 g/mol. The van der Waals surface area contributed by atoms with Gasteiger partial charge in [-0.05, 0) is 86.3 Å². The summed E-state index contributed by atoms with van der Waals surface area (Å²) in [5, 5.41) is 24.6. The van der Waals surface area contributed by atoms with Crippen molar-refractivity contribution in [1.29, 1.82) is 0 Å². The number of allylic oxidation sites excluding steroid dienone is 3. The van der Waals surface area contributed by atoms with Crippen LogP contribution in [-0.4, -0.2) is 15.9 Å². The molecule has 0 saturated carbocycles. The number of phenols is 2. The molecule has 0 unspecified atom stereocenters. The van der Waals surface area contributed by atoms with Gasteiger partial charge in [0, 0.05) is 34.4 Å². The smallest absolute Gasteiger partial charge is 0.507 e. The van der Waals surface area contributed by atoms with Crippen LogP contribution in [0, 0.1) is 24.7 Å². The second-order valence-corrected chi connectivity index (χ2v) is 25.5. The average molecular weight is 1100 g/mol. The van der Waals surface area contributed by atoms with Gasteiger partial charge in [-0.2, -0.15) is 49.2 Å². The van der Waals surface area contributed by atoms with E-state index in [1.54, 1.807) is 6.08 Å². The fraction of sp³-hybridized carbons (Fsp3) is 0.403. The van der Waals surface area contributed by atoms with E-state index in [9.17, 15) is 10.2 Å². The summed E-state index contributed by atoms with van der Waals surface area (Å²) in [6.07, 6.45) is 8.85. The molecule has 3 N–H and O–H groups in total. The molecule has 3 nitrogen and oxygen atoms in total. The molecule has 0 heterocycles. The summed E-state index contributed by atoms with van der Waals surface area (Å²) in [5.41, 5.74) is 11.9. The Labute approximate surface area is 484 Å². The van der Waals surface area contributed by atoms with Crippen molar-refractivity contribution in [1.82, 2.24) is 0 Å². The number of nitrogens with one attached hydrogen (secondary N) is 1. The minimum atomic E-state index is -0.274. The summed E-state index contributed by atoms with van der Waals surface area (Å²) >= 11 is 0. The van der Waals surface area contributed by atoms with Gasteiger partial charge in [0.25, 0.3) is 0 Å². The van der Waals surface area contributed by atoms with Crippen LogP contribution in [0.1, 0.15) is 197 Å². The molecule has 0 amide bonds. The minimum absolute atomic E-state index is 0. The van der Waals surface area contributed by atoms with Gasteiger partial charge in [-0.15, -0.1) is 24.3 Å². The van der Waals surface area contributed by atoms with Crippen molar-refractivity contribution in [2.45, 2.75) is 179 Å². The van der Waals surface area contributed by atoms with Gasteiger partial charge < -0.3 is 10.2 Å². The van der Waals surface area contributed by atoms with E-state index in [-0.39, 0.29) is 58.7 Å². The van der Waals surface area contributed by atoms with E-state index >= 15 is 0 Å². The van der Waals surface area contributed by atoms with Crippen LogP contribution in [0.25, 0.3) is 22.3 Å². The van der Waals surface area contributed by atoms with Crippen LogP contribution >= 0.6 is 0 Å². The summed E-state index contributed by atoms with van der Waals surface area (Å²) < 4.78 is 0. The molecule has 0 aromatic heterocycles. The summed E-state index contributed by atoms with van der Waals surface area (Å²) in [6.45, 7) is 55.7. The Balaban J connectivity index is 0.00000121. The van der Waals surface area contributed by atoms with Crippen LogP contribution in [0.5, 0.6) is 11.5 Å². The number of hydrogen-bond acceptors (Lipinski definition) is 2. The summed E-state index contributed by atoms with van der Waals surface area (Å²) in [5.74, 6) is 0.640. The molecule has 6 rings (SSSR count). The maximum Gasteiger partial charge on any atom is 2.00 e. The van der Waals surface area contributed by atoms with Crippen molar-refractivity contribution in [3.8, 4) is 33.8 Å². The molecule has 0 saturated heterocycles. The third-order valence-electron chi connectivity index (χ3n) is 12.4.